The molecule has 108 valence electrons. The van der Waals surface area contributed by atoms with E-state index >= 15 is 0 Å². The molecule has 0 aromatic carbocycles. The van der Waals surface area contributed by atoms with Crippen molar-refractivity contribution in [2.45, 2.75) is 38.5 Å². The molecule has 0 amide bonds. The van der Waals surface area contributed by atoms with Gasteiger partial charge in [0.15, 0.2) is 0 Å². The van der Waals surface area contributed by atoms with E-state index < -0.39 is 0 Å². The summed E-state index contributed by atoms with van der Waals surface area (Å²) in [5, 5.41) is 4.53. The normalized spacial score (nSPS) is 33.5. The number of hydrogen-bond donors (Lipinski definition) is 1. The molecule has 20 heavy (non-hydrogen) atoms. The molecule has 2 aliphatic carbocycles. The van der Waals surface area contributed by atoms with Crippen molar-refractivity contribution in [2.24, 2.45) is 5.41 Å². The summed E-state index contributed by atoms with van der Waals surface area (Å²) in [4.78, 5) is 2.62. The van der Waals surface area contributed by atoms with Crippen molar-refractivity contribution in [3.05, 3.63) is 34.0 Å². The Morgan fingerprint density at radius 2 is 2.10 bits per heavy atom. The van der Waals surface area contributed by atoms with Crippen molar-refractivity contribution >= 4 is 11.6 Å². The molecule has 4 rings (SSSR count). The third-order valence-corrected chi connectivity index (χ3v) is 5.86. The molecule has 2 nitrogen and oxygen atoms in total. The van der Waals surface area contributed by atoms with Gasteiger partial charge in [-0.2, -0.15) is 0 Å². The SMILES string of the molecule is ClC1=CC2=CCCCCC23CCN2CCNCCC1=C23. The Hall–Kier alpha value is -0.730. The van der Waals surface area contributed by atoms with Gasteiger partial charge in [-0.3, -0.25) is 0 Å². The number of allylic oxidation sites excluding steroid dienone is 4. The number of nitrogens with zero attached hydrogens (tertiary/aromatic N) is 1. The number of halogens is 1. The predicted molar refractivity (Wildman–Crippen MR) is 83.6 cm³/mol. The van der Waals surface area contributed by atoms with Crippen LogP contribution >= 0.6 is 11.6 Å². The van der Waals surface area contributed by atoms with E-state index in [1.54, 1.807) is 5.70 Å². The number of nitrogens with one attached hydrogen (secondary N) is 1. The summed E-state index contributed by atoms with van der Waals surface area (Å²) >= 11 is 6.65. The summed E-state index contributed by atoms with van der Waals surface area (Å²) in [6, 6.07) is 0. The van der Waals surface area contributed by atoms with Gasteiger partial charge in [-0.05, 0) is 55.9 Å². The maximum Gasteiger partial charge on any atom is 0.0459 e. The molecule has 4 aliphatic rings. The minimum absolute atomic E-state index is 0.307. The molecule has 0 aromatic heterocycles. The van der Waals surface area contributed by atoms with Crippen LogP contribution in [-0.4, -0.2) is 31.1 Å². The lowest BCUT2D eigenvalue weighted by atomic mass is 9.69. The lowest BCUT2D eigenvalue weighted by Crippen LogP contribution is -2.37. The van der Waals surface area contributed by atoms with Crippen LogP contribution < -0.4 is 5.32 Å². The third kappa shape index (κ3) is 1.81. The standard InChI is InChI=1S/C17H23ClN2/c18-15-12-13-4-2-1-3-6-17(13)7-10-20-11-9-19-8-5-14(15)16(17)20/h4,12,19H,1-3,5-11H2. The van der Waals surface area contributed by atoms with Gasteiger partial charge in [0.1, 0.15) is 0 Å². The van der Waals surface area contributed by atoms with Crippen LogP contribution in [0.25, 0.3) is 0 Å². The van der Waals surface area contributed by atoms with Crippen LogP contribution in [0.5, 0.6) is 0 Å². The van der Waals surface area contributed by atoms with Gasteiger partial charge in [0.05, 0.1) is 0 Å². The van der Waals surface area contributed by atoms with Crippen LogP contribution in [-0.2, 0) is 0 Å². The largest absolute Gasteiger partial charge is 0.373 e. The molecule has 1 N–H and O–H groups in total. The van der Waals surface area contributed by atoms with E-state index in [1.165, 1.54) is 49.8 Å². The van der Waals surface area contributed by atoms with Crippen LogP contribution in [0.3, 0.4) is 0 Å². The second kappa shape index (κ2) is 4.92. The van der Waals surface area contributed by atoms with E-state index in [0.717, 1.165) is 31.1 Å². The second-order valence-corrected chi connectivity index (χ2v) is 6.95. The first-order chi connectivity index (χ1) is 9.81. The van der Waals surface area contributed by atoms with Gasteiger partial charge < -0.3 is 10.2 Å². The number of rotatable bonds is 0. The van der Waals surface area contributed by atoms with Crippen LogP contribution in [0.1, 0.15) is 38.5 Å². The van der Waals surface area contributed by atoms with Gasteiger partial charge in [-0.1, -0.05) is 24.1 Å². The predicted octanol–water partition coefficient (Wildman–Crippen LogP) is 3.56. The van der Waals surface area contributed by atoms with Gasteiger partial charge in [-0.25, -0.2) is 0 Å². The Morgan fingerprint density at radius 3 is 3.05 bits per heavy atom. The summed E-state index contributed by atoms with van der Waals surface area (Å²) in [6.45, 7) is 4.51. The van der Waals surface area contributed by atoms with Crippen molar-refractivity contribution in [1.82, 2.24) is 10.2 Å². The minimum atomic E-state index is 0.307. The minimum Gasteiger partial charge on any atom is -0.373 e. The van der Waals surface area contributed by atoms with E-state index in [2.05, 4.69) is 22.4 Å². The smallest absolute Gasteiger partial charge is 0.0459 e. The molecular weight excluding hydrogens is 268 g/mol. The molecule has 0 bridgehead atoms. The Morgan fingerprint density at radius 1 is 1.15 bits per heavy atom. The van der Waals surface area contributed by atoms with E-state index in [-0.39, 0.29) is 0 Å². The number of hydrogen-bond acceptors (Lipinski definition) is 2. The van der Waals surface area contributed by atoms with Gasteiger partial charge >= 0.3 is 0 Å². The van der Waals surface area contributed by atoms with Gasteiger partial charge in [0.2, 0.25) is 0 Å². The zero-order valence-electron chi connectivity index (χ0n) is 12.1. The summed E-state index contributed by atoms with van der Waals surface area (Å²) < 4.78 is 0. The highest BCUT2D eigenvalue weighted by molar-refractivity contribution is 6.32. The maximum atomic E-state index is 6.65. The van der Waals surface area contributed by atoms with E-state index in [1.807, 2.05) is 0 Å². The molecule has 1 atom stereocenters. The quantitative estimate of drug-likeness (QED) is 0.734. The molecule has 2 heterocycles. The Kier molecular flexibility index (Phi) is 3.19. The molecule has 3 heteroatoms. The molecule has 1 unspecified atom stereocenters. The lowest BCUT2D eigenvalue weighted by Gasteiger charge is -2.40. The van der Waals surface area contributed by atoms with E-state index in [9.17, 15) is 0 Å². The Bertz CT molecular complexity index is 517. The zero-order chi connectivity index (χ0) is 13.6. The monoisotopic (exact) mass is 290 g/mol. The van der Waals surface area contributed by atoms with Crippen LogP contribution in [0.15, 0.2) is 34.0 Å². The molecule has 2 aliphatic heterocycles. The average molecular weight is 291 g/mol. The van der Waals surface area contributed by atoms with Gasteiger partial charge in [0, 0.05) is 35.8 Å². The molecule has 1 spiro atoms. The first kappa shape index (κ1) is 13.0. The fraction of sp³-hybridized carbons (Fsp3) is 0.647. The first-order valence-electron chi connectivity index (χ1n) is 8.09. The topological polar surface area (TPSA) is 15.3 Å². The van der Waals surface area contributed by atoms with Crippen molar-refractivity contribution in [3.8, 4) is 0 Å². The van der Waals surface area contributed by atoms with Crippen molar-refractivity contribution in [2.75, 3.05) is 26.2 Å². The Balaban J connectivity index is 1.89. The highest BCUT2D eigenvalue weighted by Crippen LogP contribution is 2.56. The molecular formula is C17H23ClN2. The summed E-state index contributed by atoms with van der Waals surface area (Å²) in [5.41, 5.74) is 4.85. The van der Waals surface area contributed by atoms with Crippen molar-refractivity contribution < 1.29 is 0 Å². The first-order valence-corrected chi connectivity index (χ1v) is 8.47. The van der Waals surface area contributed by atoms with Crippen molar-refractivity contribution in [3.63, 3.8) is 0 Å². The third-order valence-electron chi connectivity index (χ3n) is 5.52. The fourth-order valence-electron chi connectivity index (χ4n) is 4.58. The fourth-order valence-corrected chi connectivity index (χ4v) is 4.88. The summed E-state index contributed by atoms with van der Waals surface area (Å²) in [7, 11) is 0. The van der Waals surface area contributed by atoms with Crippen LogP contribution in [0, 0.1) is 5.41 Å². The molecule has 1 saturated heterocycles. The van der Waals surface area contributed by atoms with Crippen molar-refractivity contribution in [1.29, 1.82) is 0 Å². The van der Waals surface area contributed by atoms with Gasteiger partial charge in [-0.15, -0.1) is 0 Å². The van der Waals surface area contributed by atoms with E-state index in [4.69, 9.17) is 11.6 Å². The molecule has 1 fully saturated rings. The zero-order valence-corrected chi connectivity index (χ0v) is 12.8. The summed E-state index contributed by atoms with van der Waals surface area (Å²) in [5.74, 6) is 0. The highest BCUT2D eigenvalue weighted by atomic mass is 35.5. The Labute approximate surface area is 126 Å². The molecule has 0 aromatic rings. The maximum absolute atomic E-state index is 6.65. The van der Waals surface area contributed by atoms with Crippen LogP contribution in [0.4, 0.5) is 0 Å². The highest BCUT2D eigenvalue weighted by Gasteiger charge is 2.48. The van der Waals surface area contributed by atoms with Crippen LogP contribution in [0.2, 0.25) is 0 Å². The lowest BCUT2D eigenvalue weighted by molar-refractivity contribution is 0.341. The molecule has 0 radical (unpaired) electrons. The molecule has 0 saturated carbocycles. The van der Waals surface area contributed by atoms with E-state index in [0.29, 0.717) is 5.41 Å². The van der Waals surface area contributed by atoms with Gasteiger partial charge in [0.25, 0.3) is 0 Å². The second-order valence-electron chi connectivity index (χ2n) is 6.54. The average Bonchev–Trinajstić information content (AvgIpc) is 2.63. The summed E-state index contributed by atoms with van der Waals surface area (Å²) in [6.07, 6.45) is 12.4.